The van der Waals surface area contributed by atoms with Crippen molar-refractivity contribution in [2.75, 3.05) is 33.9 Å². The lowest BCUT2D eigenvalue weighted by Gasteiger charge is -2.28. The van der Waals surface area contributed by atoms with Crippen molar-refractivity contribution in [2.45, 2.75) is 25.8 Å². The molecule has 0 aromatic carbocycles. The molecule has 1 unspecified atom stereocenters. The standard InChI is InChI=1S/C11H21NO3/c1-4-12(7-8-14-2)10(9-5-6-9)11(13)15-3/h9-10H,4-8H2,1-3H3. The summed E-state index contributed by atoms with van der Waals surface area (Å²) >= 11 is 0. The van der Waals surface area contributed by atoms with Crippen LogP contribution in [0, 0.1) is 5.92 Å². The summed E-state index contributed by atoms with van der Waals surface area (Å²) in [6.07, 6.45) is 2.28. The van der Waals surface area contributed by atoms with Crippen molar-refractivity contribution >= 4 is 5.97 Å². The third-order valence-corrected chi connectivity index (χ3v) is 2.89. The molecule has 0 heterocycles. The van der Waals surface area contributed by atoms with Crippen molar-refractivity contribution in [3.05, 3.63) is 0 Å². The molecule has 1 rings (SSSR count). The molecule has 0 saturated heterocycles. The van der Waals surface area contributed by atoms with Crippen LogP contribution in [0.15, 0.2) is 0 Å². The maximum absolute atomic E-state index is 11.7. The van der Waals surface area contributed by atoms with Crippen molar-refractivity contribution < 1.29 is 14.3 Å². The van der Waals surface area contributed by atoms with Crippen molar-refractivity contribution in [1.29, 1.82) is 0 Å². The first-order valence-electron chi connectivity index (χ1n) is 5.55. The van der Waals surface area contributed by atoms with E-state index in [1.165, 1.54) is 7.11 Å². The lowest BCUT2D eigenvalue weighted by Crippen LogP contribution is -2.44. The normalized spacial score (nSPS) is 17.9. The summed E-state index contributed by atoms with van der Waals surface area (Å²) < 4.78 is 9.90. The van der Waals surface area contributed by atoms with Gasteiger partial charge >= 0.3 is 5.97 Å². The zero-order valence-corrected chi connectivity index (χ0v) is 9.86. The lowest BCUT2D eigenvalue weighted by atomic mass is 10.1. The summed E-state index contributed by atoms with van der Waals surface area (Å²) in [5.41, 5.74) is 0. The molecule has 0 aliphatic heterocycles. The molecule has 4 nitrogen and oxygen atoms in total. The van der Waals surface area contributed by atoms with Gasteiger partial charge in [0.15, 0.2) is 0 Å². The number of hydrogen-bond acceptors (Lipinski definition) is 4. The zero-order valence-electron chi connectivity index (χ0n) is 9.86. The molecule has 1 atom stereocenters. The maximum Gasteiger partial charge on any atom is 0.323 e. The molecule has 1 aliphatic carbocycles. The number of esters is 1. The first kappa shape index (κ1) is 12.5. The van der Waals surface area contributed by atoms with Crippen LogP contribution in [0.25, 0.3) is 0 Å². The summed E-state index contributed by atoms with van der Waals surface area (Å²) in [7, 11) is 3.14. The number of methoxy groups -OCH3 is 2. The Balaban J connectivity index is 2.54. The number of carbonyl (C=O) groups is 1. The van der Waals surface area contributed by atoms with Crippen LogP contribution in [0.1, 0.15) is 19.8 Å². The second-order valence-corrected chi connectivity index (χ2v) is 3.93. The van der Waals surface area contributed by atoms with Gasteiger partial charge in [-0.15, -0.1) is 0 Å². The third-order valence-electron chi connectivity index (χ3n) is 2.89. The highest BCUT2D eigenvalue weighted by atomic mass is 16.5. The van der Waals surface area contributed by atoms with Gasteiger partial charge in [0.25, 0.3) is 0 Å². The van der Waals surface area contributed by atoms with Crippen molar-refractivity contribution in [2.24, 2.45) is 5.92 Å². The topological polar surface area (TPSA) is 38.8 Å². The van der Waals surface area contributed by atoms with E-state index in [-0.39, 0.29) is 12.0 Å². The van der Waals surface area contributed by atoms with Gasteiger partial charge in [0, 0.05) is 13.7 Å². The minimum atomic E-state index is -0.101. The van der Waals surface area contributed by atoms with E-state index in [0.29, 0.717) is 12.5 Å². The molecule has 4 heteroatoms. The molecule has 0 bridgehead atoms. The number of likely N-dealkylation sites (N-methyl/N-ethyl adjacent to an activating group) is 1. The van der Waals surface area contributed by atoms with Crippen LogP contribution >= 0.6 is 0 Å². The SMILES string of the molecule is CCN(CCOC)C(C(=O)OC)C1CC1. The lowest BCUT2D eigenvalue weighted by molar-refractivity contribution is -0.148. The number of hydrogen-bond donors (Lipinski definition) is 0. The molecular weight excluding hydrogens is 194 g/mol. The van der Waals surface area contributed by atoms with Gasteiger partial charge in [-0.05, 0) is 25.3 Å². The predicted molar refractivity (Wildman–Crippen MR) is 57.7 cm³/mol. The fourth-order valence-corrected chi connectivity index (χ4v) is 1.87. The van der Waals surface area contributed by atoms with E-state index >= 15 is 0 Å². The average molecular weight is 215 g/mol. The van der Waals surface area contributed by atoms with E-state index in [1.54, 1.807) is 7.11 Å². The monoisotopic (exact) mass is 215 g/mol. The summed E-state index contributed by atoms with van der Waals surface area (Å²) in [4.78, 5) is 13.8. The Bertz CT molecular complexity index is 204. The molecule has 88 valence electrons. The second-order valence-electron chi connectivity index (χ2n) is 3.93. The van der Waals surface area contributed by atoms with Gasteiger partial charge in [0.05, 0.1) is 13.7 Å². The number of carbonyl (C=O) groups excluding carboxylic acids is 1. The molecule has 0 aromatic heterocycles. The zero-order chi connectivity index (χ0) is 11.3. The van der Waals surface area contributed by atoms with Gasteiger partial charge in [-0.3, -0.25) is 9.69 Å². The van der Waals surface area contributed by atoms with Crippen molar-refractivity contribution in [3.8, 4) is 0 Å². The number of ether oxygens (including phenoxy) is 2. The summed E-state index contributed by atoms with van der Waals surface area (Å²) in [5.74, 6) is 0.393. The van der Waals surface area contributed by atoms with Gasteiger partial charge in [0.1, 0.15) is 6.04 Å². The minimum Gasteiger partial charge on any atom is -0.468 e. The summed E-state index contributed by atoms with van der Waals surface area (Å²) in [5, 5.41) is 0. The van der Waals surface area contributed by atoms with Crippen LogP contribution in [0.2, 0.25) is 0 Å². The molecule has 0 radical (unpaired) electrons. The van der Waals surface area contributed by atoms with Crippen LogP contribution < -0.4 is 0 Å². The third kappa shape index (κ3) is 3.47. The van der Waals surface area contributed by atoms with Crippen LogP contribution in [0.4, 0.5) is 0 Å². The van der Waals surface area contributed by atoms with Crippen molar-refractivity contribution in [3.63, 3.8) is 0 Å². The Kier molecular flexibility index (Phi) is 5.05. The molecular formula is C11H21NO3. The Hall–Kier alpha value is -0.610. The van der Waals surface area contributed by atoms with Crippen LogP contribution in [0.3, 0.4) is 0 Å². The predicted octanol–water partition coefficient (Wildman–Crippen LogP) is 0.906. The van der Waals surface area contributed by atoms with Gasteiger partial charge < -0.3 is 9.47 Å². The summed E-state index contributed by atoms with van der Waals surface area (Å²) in [6.45, 7) is 4.38. The first-order valence-corrected chi connectivity index (χ1v) is 5.55. The average Bonchev–Trinajstić information content (AvgIpc) is 3.07. The minimum absolute atomic E-state index is 0.0600. The molecule has 1 saturated carbocycles. The van der Waals surface area contributed by atoms with Gasteiger partial charge in [-0.2, -0.15) is 0 Å². The van der Waals surface area contributed by atoms with E-state index in [9.17, 15) is 4.79 Å². The Morgan fingerprint density at radius 3 is 2.53 bits per heavy atom. The first-order chi connectivity index (χ1) is 7.24. The number of nitrogens with zero attached hydrogens (tertiary/aromatic N) is 1. The fraction of sp³-hybridized carbons (Fsp3) is 0.909. The van der Waals surface area contributed by atoms with E-state index in [2.05, 4.69) is 11.8 Å². The van der Waals surface area contributed by atoms with E-state index in [0.717, 1.165) is 25.9 Å². The molecule has 0 N–H and O–H groups in total. The van der Waals surface area contributed by atoms with E-state index in [4.69, 9.17) is 9.47 Å². The second kappa shape index (κ2) is 6.08. The molecule has 0 amide bonds. The largest absolute Gasteiger partial charge is 0.468 e. The van der Waals surface area contributed by atoms with E-state index < -0.39 is 0 Å². The summed E-state index contributed by atoms with van der Waals surface area (Å²) in [6, 6.07) is -0.0600. The highest BCUT2D eigenvalue weighted by Gasteiger charge is 2.40. The van der Waals surface area contributed by atoms with Gasteiger partial charge in [-0.25, -0.2) is 0 Å². The Labute approximate surface area is 91.5 Å². The molecule has 0 aromatic rings. The quantitative estimate of drug-likeness (QED) is 0.592. The smallest absolute Gasteiger partial charge is 0.323 e. The Morgan fingerprint density at radius 2 is 2.13 bits per heavy atom. The number of rotatable bonds is 7. The van der Waals surface area contributed by atoms with Crippen LogP contribution in [0.5, 0.6) is 0 Å². The van der Waals surface area contributed by atoms with Gasteiger partial charge in [0.2, 0.25) is 0 Å². The highest BCUT2D eigenvalue weighted by Crippen LogP contribution is 2.35. The molecule has 0 spiro atoms. The van der Waals surface area contributed by atoms with E-state index in [1.807, 2.05) is 0 Å². The highest BCUT2D eigenvalue weighted by molar-refractivity contribution is 5.76. The Morgan fingerprint density at radius 1 is 1.47 bits per heavy atom. The molecule has 1 fully saturated rings. The molecule has 1 aliphatic rings. The van der Waals surface area contributed by atoms with Crippen LogP contribution in [-0.2, 0) is 14.3 Å². The van der Waals surface area contributed by atoms with Crippen LogP contribution in [-0.4, -0.2) is 50.8 Å². The van der Waals surface area contributed by atoms with Crippen molar-refractivity contribution in [1.82, 2.24) is 4.90 Å². The molecule has 15 heavy (non-hydrogen) atoms. The maximum atomic E-state index is 11.7. The fourth-order valence-electron chi connectivity index (χ4n) is 1.87. The van der Waals surface area contributed by atoms with Gasteiger partial charge in [-0.1, -0.05) is 6.92 Å².